The van der Waals surface area contributed by atoms with Gasteiger partial charge in [0.05, 0.1) is 12.0 Å². The normalized spacial score (nSPS) is 15.3. The van der Waals surface area contributed by atoms with Crippen molar-refractivity contribution >= 4 is 43.1 Å². The average molecular weight is 602 g/mol. The maximum absolute atomic E-state index is 14.9. The lowest BCUT2D eigenvalue weighted by Crippen LogP contribution is -2.36. The zero-order valence-electron chi connectivity index (χ0n) is 22.2. The Hall–Kier alpha value is -3.82. The minimum atomic E-state index is -3.15. The molecule has 1 fully saturated rings. The van der Waals surface area contributed by atoms with Crippen LogP contribution in [0.5, 0.6) is 5.75 Å². The third-order valence-corrected chi connectivity index (χ3v) is 9.09. The largest absolute Gasteiger partial charge is 0.492 e. The van der Waals surface area contributed by atoms with Crippen molar-refractivity contribution in [3.05, 3.63) is 57.6 Å². The number of fused-ring (bicyclic) bond motifs is 3. The second-order valence-electron chi connectivity index (χ2n) is 10.1. The lowest BCUT2D eigenvalue weighted by Gasteiger charge is -2.32. The molecule has 1 aromatic carbocycles. The van der Waals surface area contributed by atoms with Gasteiger partial charge >= 0.3 is 4.87 Å². The van der Waals surface area contributed by atoms with E-state index in [1.54, 1.807) is 28.8 Å². The number of halogens is 1. The van der Waals surface area contributed by atoms with Crippen molar-refractivity contribution in [3.63, 3.8) is 0 Å². The Morgan fingerprint density at radius 3 is 2.68 bits per heavy atom. The summed E-state index contributed by atoms with van der Waals surface area (Å²) in [4.78, 5) is 24.0. The summed E-state index contributed by atoms with van der Waals surface area (Å²) < 4.78 is 51.8. The molecule has 216 valence electrons. The van der Waals surface area contributed by atoms with Crippen molar-refractivity contribution in [1.29, 1.82) is 0 Å². The van der Waals surface area contributed by atoms with Gasteiger partial charge in [-0.05, 0) is 55.6 Å². The fourth-order valence-electron chi connectivity index (χ4n) is 5.08. The SMILES string of the molecule is CS(=O)(=O)CCOc1ccc(C2CCN(CCn3c(=O)sc4c3nc(N)n3nc(-c5ccco5)nc43)CC2)c(F)c1. The molecule has 0 spiro atoms. The van der Waals surface area contributed by atoms with Crippen LogP contribution in [-0.4, -0.2) is 75.7 Å². The van der Waals surface area contributed by atoms with Gasteiger partial charge in [-0.25, -0.2) is 17.8 Å². The highest BCUT2D eigenvalue weighted by Crippen LogP contribution is 2.32. The van der Waals surface area contributed by atoms with Crippen LogP contribution in [0.1, 0.15) is 24.3 Å². The monoisotopic (exact) mass is 601 g/mol. The molecule has 5 heterocycles. The number of ether oxygens (including phenoxy) is 1. The number of benzene rings is 1. The summed E-state index contributed by atoms with van der Waals surface area (Å²) in [5.74, 6) is 0.877. The molecule has 0 bridgehead atoms. The number of nitrogen functional groups attached to an aromatic ring is 1. The zero-order chi connectivity index (χ0) is 28.7. The van der Waals surface area contributed by atoms with Gasteiger partial charge in [0.2, 0.25) is 11.8 Å². The molecule has 12 nitrogen and oxygen atoms in total. The number of thiazole rings is 1. The fraction of sp³-hybridized carbons (Fsp3) is 0.385. The van der Waals surface area contributed by atoms with Crippen molar-refractivity contribution in [2.75, 3.05) is 44.0 Å². The molecule has 15 heteroatoms. The molecule has 0 radical (unpaired) electrons. The average Bonchev–Trinajstić information content (AvgIpc) is 3.67. The third kappa shape index (κ3) is 5.69. The number of hydrogen-bond acceptors (Lipinski definition) is 11. The van der Waals surface area contributed by atoms with Crippen molar-refractivity contribution in [2.24, 2.45) is 0 Å². The summed E-state index contributed by atoms with van der Waals surface area (Å²) >= 11 is 1.06. The molecule has 0 aliphatic carbocycles. The van der Waals surface area contributed by atoms with Crippen LogP contribution in [0.3, 0.4) is 0 Å². The van der Waals surface area contributed by atoms with E-state index >= 15 is 0 Å². The zero-order valence-corrected chi connectivity index (χ0v) is 23.8. The van der Waals surface area contributed by atoms with Gasteiger partial charge in [-0.3, -0.25) is 9.36 Å². The number of hydrogen-bond donors (Lipinski definition) is 1. The van der Waals surface area contributed by atoms with Gasteiger partial charge in [-0.2, -0.15) is 9.50 Å². The summed E-state index contributed by atoms with van der Waals surface area (Å²) in [6, 6.07) is 8.21. The summed E-state index contributed by atoms with van der Waals surface area (Å²) in [5.41, 5.74) is 7.73. The lowest BCUT2D eigenvalue weighted by molar-refractivity contribution is 0.204. The number of nitrogens with zero attached hydrogens (tertiary/aromatic N) is 6. The molecular weight excluding hydrogens is 573 g/mol. The lowest BCUT2D eigenvalue weighted by atomic mass is 9.89. The number of nitrogens with two attached hydrogens (primary N) is 1. The second kappa shape index (κ2) is 10.9. The molecule has 0 saturated carbocycles. The molecule has 1 aliphatic rings. The Labute approximate surface area is 238 Å². The van der Waals surface area contributed by atoms with Gasteiger partial charge in [0.15, 0.2) is 26.9 Å². The van der Waals surface area contributed by atoms with E-state index in [2.05, 4.69) is 20.0 Å². The van der Waals surface area contributed by atoms with E-state index in [4.69, 9.17) is 14.9 Å². The van der Waals surface area contributed by atoms with E-state index in [-0.39, 0.29) is 34.9 Å². The second-order valence-corrected chi connectivity index (χ2v) is 13.3. The summed E-state index contributed by atoms with van der Waals surface area (Å²) in [6.07, 6.45) is 4.20. The number of sulfone groups is 1. The predicted octanol–water partition coefficient (Wildman–Crippen LogP) is 2.79. The highest BCUT2D eigenvalue weighted by molar-refractivity contribution is 7.90. The molecule has 0 atom stereocenters. The minimum Gasteiger partial charge on any atom is -0.492 e. The maximum atomic E-state index is 14.9. The highest BCUT2D eigenvalue weighted by atomic mass is 32.2. The quantitative estimate of drug-likeness (QED) is 0.267. The topological polar surface area (TPSA) is 151 Å². The van der Waals surface area contributed by atoms with Crippen LogP contribution < -0.4 is 15.3 Å². The first-order valence-corrected chi connectivity index (χ1v) is 16.0. The number of furan rings is 1. The van der Waals surface area contributed by atoms with Crippen LogP contribution in [0.2, 0.25) is 0 Å². The van der Waals surface area contributed by atoms with Crippen molar-refractivity contribution in [3.8, 4) is 17.3 Å². The van der Waals surface area contributed by atoms with Crippen LogP contribution in [0.4, 0.5) is 10.3 Å². The number of piperidine rings is 1. The fourth-order valence-corrected chi connectivity index (χ4v) is 6.40. The van der Waals surface area contributed by atoms with Crippen molar-refractivity contribution in [2.45, 2.75) is 25.3 Å². The summed E-state index contributed by atoms with van der Waals surface area (Å²) in [7, 11) is -3.15. The molecule has 6 rings (SSSR count). The van der Waals surface area contributed by atoms with E-state index in [9.17, 15) is 17.6 Å². The van der Waals surface area contributed by atoms with E-state index in [1.807, 2.05) is 0 Å². The van der Waals surface area contributed by atoms with Gasteiger partial charge in [0, 0.05) is 25.4 Å². The van der Waals surface area contributed by atoms with E-state index < -0.39 is 9.84 Å². The highest BCUT2D eigenvalue weighted by Gasteiger charge is 2.24. The summed E-state index contributed by atoms with van der Waals surface area (Å²) in [6.45, 7) is 2.55. The van der Waals surface area contributed by atoms with Crippen LogP contribution in [-0.2, 0) is 16.4 Å². The van der Waals surface area contributed by atoms with Crippen LogP contribution >= 0.6 is 11.3 Å². The van der Waals surface area contributed by atoms with E-state index in [0.717, 1.165) is 43.5 Å². The summed E-state index contributed by atoms with van der Waals surface area (Å²) in [5, 5.41) is 4.38. The van der Waals surface area contributed by atoms with Gasteiger partial charge in [-0.15, -0.1) is 5.10 Å². The Kier molecular flexibility index (Phi) is 7.25. The molecule has 0 unspecified atom stereocenters. The number of rotatable bonds is 9. The first kappa shape index (κ1) is 27.4. The smallest absolute Gasteiger partial charge is 0.309 e. The van der Waals surface area contributed by atoms with Crippen LogP contribution in [0.25, 0.3) is 27.6 Å². The minimum absolute atomic E-state index is 0.0174. The van der Waals surface area contributed by atoms with E-state index in [0.29, 0.717) is 52.0 Å². The molecule has 4 aromatic heterocycles. The van der Waals surface area contributed by atoms with Gasteiger partial charge in [0.25, 0.3) is 0 Å². The molecule has 41 heavy (non-hydrogen) atoms. The Morgan fingerprint density at radius 2 is 1.98 bits per heavy atom. The Balaban J connectivity index is 1.10. The van der Waals surface area contributed by atoms with Crippen molar-refractivity contribution < 1.29 is 22.0 Å². The predicted molar refractivity (Wildman–Crippen MR) is 153 cm³/mol. The maximum Gasteiger partial charge on any atom is 0.309 e. The third-order valence-electron chi connectivity index (χ3n) is 7.22. The van der Waals surface area contributed by atoms with Gasteiger partial charge in [-0.1, -0.05) is 17.4 Å². The molecule has 1 saturated heterocycles. The molecule has 0 amide bonds. The molecule has 2 N–H and O–H groups in total. The Bertz CT molecular complexity index is 1870. The molecular formula is C26H28FN7O5S2. The Morgan fingerprint density at radius 1 is 1.17 bits per heavy atom. The van der Waals surface area contributed by atoms with Gasteiger partial charge in [0.1, 0.15) is 22.9 Å². The standard InChI is InChI=1S/C26H28FN7O5S2/c1-41(36,37)14-13-38-17-4-5-18(19(27)15-17)16-6-8-32(9-7-16)10-11-33-23-21(40-26(33)35)24-29-22(20-3-2-12-39-20)31-34(24)25(28)30-23/h2-5,12,15-16H,6-11,13-14H2,1H3,(H2,28,30). The van der Waals surface area contributed by atoms with Crippen LogP contribution in [0, 0.1) is 5.82 Å². The number of likely N-dealkylation sites (tertiary alicyclic amines) is 1. The first-order valence-electron chi connectivity index (χ1n) is 13.1. The van der Waals surface area contributed by atoms with Crippen LogP contribution in [0.15, 0.2) is 45.8 Å². The molecule has 5 aromatic rings. The number of aromatic nitrogens is 5. The first-order chi connectivity index (χ1) is 19.7. The van der Waals surface area contributed by atoms with Crippen molar-refractivity contribution in [1.82, 2.24) is 29.0 Å². The number of anilines is 1. The molecule has 1 aliphatic heterocycles. The van der Waals surface area contributed by atoms with E-state index in [1.165, 1.54) is 16.8 Å². The van der Waals surface area contributed by atoms with Gasteiger partial charge < -0.3 is 19.8 Å².